The van der Waals surface area contributed by atoms with Gasteiger partial charge in [-0.2, -0.15) is 0 Å². The maximum atomic E-state index is 11.4. The number of carbonyl (C=O) groups excluding carboxylic acids is 2. The summed E-state index contributed by atoms with van der Waals surface area (Å²) in [7, 11) is 0. The summed E-state index contributed by atoms with van der Waals surface area (Å²) in [5.74, 6) is -0.261. The van der Waals surface area contributed by atoms with Crippen LogP contribution in [0.4, 0.5) is 11.4 Å². The molecule has 84 valence electrons. The number of benzene rings is 1. The van der Waals surface area contributed by atoms with E-state index in [9.17, 15) is 9.59 Å². The van der Waals surface area contributed by atoms with Crippen LogP contribution in [0.25, 0.3) is 0 Å². The van der Waals surface area contributed by atoms with E-state index in [1.54, 1.807) is 25.1 Å². The largest absolute Gasteiger partial charge is 0.326 e. The van der Waals surface area contributed by atoms with Gasteiger partial charge in [0.15, 0.2) is 0 Å². The first-order chi connectivity index (χ1) is 7.56. The monoisotopic (exact) mass is 219 g/mol. The van der Waals surface area contributed by atoms with Crippen molar-refractivity contribution in [2.75, 3.05) is 10.6 Å². The van der Waals surface area contributed by atoms with Crippen molar-refractivity contribution in [2.24, 2.45) is 5.73 Å². The first kappa shape index (κ1) is 10.6. The highest BCUT2D eigenvalue weighted by molar-refractivity contribution is 6.00. The molecule has 0 fully saturated rings. The molecule has 1 atom stereocenters. The Kier molecular flexibility index (Phi) is 2.62. The molecule has 4 N–H and O–H groups in total. The summed E-state index contributed by atoms with van der Waals surface area (Å²) in [5, 5.41) is 5.41. The zero-order valence-corrected chi connectivity index (χ0v) is 8.91. The highest BCUT2D eigenvalue weighted by Gasteiger charge is 2.18. The quantitative estimate of drug-likeness (QED) is 0.675. The molecule has 0 aliphatic carbocycles. The van der Waals surface area contributed by atoms with Gasteiger partial charge in [-0.3, -0.25) is 9.59 Å². The van der Waals surface area contributed by atoms with Crippen LogP contribution in [0, 0.1) is 0 Å². The molecular formula is C11H13N3O2. The minimum atomic E-state index is -0.548. The molecule has 0 spiro atoms. The zero-order valence-electron chi connectivity index (χ0n) is 8.91. The fourth-order valence-corrected chi connectivity index (χ4v) is 1.56. The normalized spacial score (nSPS) is 15.2. The van der Waals surface area contributed by atoms with E-state index in [-0.39, 0.29) is 11.8 Å². The summed E-state index contributed by atoms with van der Waals surface area (Å²) in [6.07, 6.45) is 0.358. The minimum absolute atomic E-state index is 0.0225. The van der Waals surface area contributed by atoms with Crippen molar-refractivity contribution < 1.29 is 9.59 Å². The van der Waals surface area contributed by atoms with Crippen LogP contribution in [0.2, 0.25) is 0 Å². The molecule has 1 aromatic rings. The van der Waals surface area contributed by atoms with Crippen molar-refractivity contribution in [1.29, 1.82) is 0 Å². The van der Waals surface area contributed by atoms with E-state index < -0.39 is 6.04 Å². The second kappa shape index (κ2) is 3.94. The molecule has 1 aliphatic rings. The predicted molar refractivity (Wildman–Crippen MR) is 61.1 cm³/mol. The number of nitrogens with one attached hydrogen (secondary N) is 2. The van der Waals surface area contributed by atoms with Crippen LogP contribution in [-0.2, 0) is 16.0 Å². The third kappa shape index (κ3) is 2.04. The highest BCUT2D eigenvalue weighted by atomic mass is 16.2. The number of nitrogens with two attached hydrogens (primary N) is 1. The van der Waals surface area contributed by atoms with E-state index in [2.05, 4.69) is 10.6 Å². The van der Waals surface area contributed by atoms with E-state index in [0.717, 1.165) is 11.3 Å². The topological polar surface area (TPSA) is 84.2 Å². The molecule has 0 aromatic heterocycles. The number of hydrogen-bond acceptors (Lipinski definition) is 3. The third-order valence-electron chi connectivity index (χ3n) is 2.41. The van der Waals surface area contributed by atoms with Crippen molar-refractivity contribution in [1.82, 2.24) is 0 Å². The summed E-state index contributed by atoms with van der Waals surface area (Å²) < 4.78 is 0. The van der Waals surface area contributed by atoms with Gasteiger partial charge in [0.1, 0.15) is 0 Å². The van der Waals surface area contributed by atoms with Crippen molar-refractivity contribution in [3.8, 4) is 0 Å². The summed E-state index contributed by atoms with van der Waals surface area (Å²) >= 11 is 0. The standard InChI is InChI=1S/C11H13N3O2/c1-6(12)11(16)13-8-2-3-9-7(4-8)5-10(15)14-9/h2-4,6H,5,12H2,1H3,(H,13,16)(H,14,15)/t6-/m1/s1. The second-order valence-electron chi connectivity index (χ2n) is 3.87. The Hall–Kier alpha value is -1.88. The number of carbonyl (C=O) groups is 2. The van der Waals surface area contributed by atoms with Gasteiger partial charge in [-0.1, -0.05) is 0 Å². The average Bonchev–Trinajstić information content (AvgIpc) is 2.57. The highest BCUT2D eigenvalue weighted by Crippen LogP contribution is 2.25. The molecular weight excluding hydrogens is 206 g/mol. The number of amides is 2. The molecule has 0 saturated heterocycles. The summed E-state index contributed by atoms with van der Waals surface area (Å²) in [6.45, 7) is 1.62. The van der Waals surface area contributed by atoms with Gasteiger partial charge >= 0.3 is 0 Å². The predicted octanol–water partition coefficient (Wildman–Crippen LogP) is 0.467. The number of fused-ring (bicyclic) bond motifs is 1. The summed E-state index contributed by atoms with van der Waals surface area (Å²) in [6, 6.07) is 4.75. The molecule has 1 aliphatic heterocycles. The van der Waals surface area contributed by atoms with Crippen LogP contribution in [0.1, 0.15) is 12.5 Å². The Balaban J connectivity index is 2.17. The van der Waals surface area contributed by atoms with Crippen LogP contribution in [-0.4, -0.2) is 17.9 Å². The van der Waals surface area contributed by atoms with Crippen LogP contribution in [0.15, 0.2) is 18.2 Å². The Morgan fingerprint density at radius 1 is 1.56 bits per heavy atom. The molecule has 2 amide bonds. The van der Waals surface area contributed by atoms with Crippen LogP contribution in [0.5, 0.6) is 0 Å². The molecule has 5 nitrogen and oxygen atoms in total. The lowest BCUT2D eigenvalue weighted by atomic mass is 10.1. The van der Waals surface area contributed by atoms with Gasteiger partial charge in [0.25, 0.3) is 0 Å². The lowest BCUT2D eigenvalue weighted by Gasteiger charge is -2.08. The van der Waals surface area contributed by atoms with Gasteiger partial charge in [-0.15, -0.1) is 0 Å². The van der Waals surface area contributed by atoms with Gasteiger partial charge in [0.05, 0.1) is 12.5 Å². The maximum absolute atomic E-state index is 11.4. The van der Waals surface area contributed by atoms with Gasteiger partial charge in [-0.05, 0) is 30.7 Å². The number of anilines is 2. The van der Waals surface area contributed by atoms with Crippen LogP contribution in [0.3, 0.4) is 0 Å². The van der Waals surface area contributed by atoms with E-state index in [4.69, 9.17) is 5.73 Å². The van der Waals surface area contributed by atoms with Gasteiger partial charge in [-0.25, -0.2) is 0 Å². The molecule has 5 heteroatoms. The molecule has 0 saturated carbocycles. The molecule has 0 radical (unpaired) electrons. The summed E-state index contributed by atoms with van der Waals surface area (Å²) in [4.78, 5) is 22.5. The first-order valence-corrected chi connectivity index (χ1v) is 5.05. The van der Waals surface area contributed by atoms with Crippen LogP contribution < -0.4 is 16.4 Å². The second-order valence-corrected chi connectivity index (χ2v) is 3.87. The SMILES string of the molecule is C[C@@H](N)C(=O)Nc1ccc2c(c1)CC(=O)N2. The number of rotatable bonds is 2. The smallest absolute Gasteiger partial charge is 0.240 e. The van der Waals surface area contributed by atoms with Crippen molar-refractivity contribution in [3.63, 3.8) is 0 Å². The van der Waals surface area contributed by atoms with E-state index in [1.165, 1.54) is 0 Å². The lowest BCUT2D eigenvalue weighted by molar-refractivity contribution is -0.117. The Bertz CT molecular complexity index is 455. The molecule has 1 aromatic carbocycles. The molecule has 1 heterocycles. The van der Waals surface area contributed by atoms with E-state index in [1.807, 2.05) is 0 Å². The average molecular weight is 219 g/mol. The zero-order chi connectivity index (χ0) is 11.7. The molecule has 0 unspecified atom stereocenters. The van der Waals surface area contributed by atoms with Crippen LogP contribution >= 0.6 is 0 Å². The van der Waals surface area contributed by atoms with Gasteiger partial charge in [0, 0.05) is 11.4 Å². The Labute approximate surface area is 93.0 Å². The van der Waals surface area contributed by atoms with Crippen molar-refractivity contribution in [3.05, 3.63) is 23.8 Å². The van der Waals surface area contributed by atoms with Gasteiger partial charge < -0.3 is 16.4 Å². The van der Waals surface area contributed by atoms with E-state index >= 15 is 0 Å². The molecule has 2 rings (SSSR count). The first-order valence-electron chi connectivity index (χ1n) is 5.05. The lowest BCUT2D eigenvalue weighted by Crippen LogP contribution is -2.32. The van der Waals surface area contributed by atoms with Gasteiger partial charge in [0.2, 0.25) is 11.8 Å². The fourth-order valence-electron chi connectivity index (χ4n) is 1.56. The number of hydrogen-bond donors (Lipinski definition) is 3. The van der Waals surface area contributed by atoms with Crippen molar-refractivity contribution in [2.45, 2.75) is 19.4 Å². The molecule has 0 bridgehead atoms. The molecule has 16 heavy (non-hydrogen) atoms. The maximum Gasteiger partial charge on any atom is 0.240 e. The summed E-state index contributed by atoms with van der Waals surface area (Å²) in [5.41, 5.74) is 7.81. The fraction of sp³-hybridized carbons (Fsp3) is 0.273. The van der Waals surface area contributed by atoms with E-state index in [0.29, 0.717) is 12.1 Å². The Morgan fingerprint density at radius 3 is 3.00 bits per heavy atom. The Morgan fingerprint density at radius 2 is 2.31 bits per heavy atom. The minimum Gasteiger partial charge on any atom is -0.326 e. The third-order valence-corrected chi connectivity index (χ3v) is 2.41. The van der Waals surface area contributed by atoms with Crippen molar-refractivity contribution >= 4 is 23.2 Å².